The number of carbonyl (C=O) groups excluding carboxylic acids is 2. The Morgan fingerprint density at radius 2 is 1.60 bits per heavy atom. The van der Waals surface area contributed by atoms with Crippen molar-refractivity contribution < 1.29 is 9.59 Å². The normalized spacial score (nSPS) is 13.8. The lowest BCUT2D eigenvalue weighted by Crippen LogP contribution is -2.47. The number of likely N-dealkylation sites (N-methyl/N-ethyl adjacent to an activating group) is 1. The minimum Gasteiger partial charge on any atom is -0.353 e. The Labute approximate surface area is 242 Å². The number of nitrogens with zero attached hydrogens (tertiary/aromatic N) is 6. The van der Waals surface area contributed by atoms with Crippen LogP contribution in [-0.2, 0) is 16.0 Å². The molecule has 0 saturated carbocycles. The van der Waals surface area contributed by atoms with Gasteiger partial charge in [0, 0.05) is 44.8 Å². The van der Waals surface area contributed by atoms with E-state index in [0.717, 1.165) is 55.2 Å². The number of hydrogen-bond donors (Lipinski definition) is 0. The Bertz CT molecular complexity index is 1240. The predicted octanol–water partition coefficient (Wildman–Crippen LogP) is 4.25. The Morgan fingerprint density at radius 3 is 2.30 bits per heavy atom. The van der Waals surface area contributed by atoms with Crippen molar-refractivity contribution in [2.75, 3.05) is 63.8 Å². The van der Waals surface area contributed by atoms with Gasteiger partial charge in [-0.25, -0.2) is 0 Å². The zero-order chi connectivity index (χ0) is 28.3. The number of hydrogen-bond acceptors (Lipinski definition) is 6. The van der Waals surface area contributed by atoms with Crippen LogP contribution in [0.3, 0.4) is 0 Å². The summed E-state index contributed by atoms with van der Waals surface area (Å²) in [6.07, 6.45) is 1.11. The lowest BCUT2D eigenvalue weighted by atomic mass is 10.1. The maximum Gasteiger partial charge on any atom is 0.242 e. The van der Waals surface area contributed by atoms with Crippen LogP contribution in [0, 0.1) is 0 Å². The van der Waals surface area contributed by atoms with Gasteiger partial charge in [-0.15, -0.1) is 10.2 Å². The van der Waals surface area contributed by atoms with Crippen molar-refractivity contribution in [1.29, 1.82) is 0 Å². The first kappa shape index (κ1) is 29.5. The molecule has 1 aromatic heterocycles. The van der Waals surface area contributed by atoms with Crippen molar-refractivity contribution in [2.45, 2.75) is 26.7 Å². The molecule has 2 aromatic carbocycles. The van der Waals surface area contributed by atoms with E-state index in [1.165, 1.54) is 0 Å². The first-order chi connectivity index (χ1) is 19.5. The van der Waals surface area contributed by atoms with Gasteiger partial charge in [-0.3, -0.25) is 9.59 Å². The third-order valence-electron chi connectivity index (χ3n) is 7.43. The molecule has 0 spiro atoms. The Morgan fingerprint density at radius 1 is 0.850 bits per heavy atom. The highest BCUT2D eigenvalue weighted by Crippen LogP contribution is 2.26. The number of halogens is 1. The molecule has 0 N–H and O–H groups in total. The van der Waals surface area contributed by atoms with Crippen LogP contribution in [0.4, 0.5) is 5.82 Å². The number of aromatic nitrogens is 2. The second-order valence-corrected chi connectivity index (χ2v) is 10.4. The summed E-state index contributed by atoms with van der Waals surface area (Å²) in [7, 11) is 0. The lowest BCUT2D eigenvalue weighted by molar-refractivity contribution is -0.140. The van der Waals surface area contributed by atoms with E-state index < -0.39 is 0 Å². The van der Waals surface area contributed by atoms with Crippen LogP contribution in [0.5, 0.6) is 0 Å². The quantitative estimate of drug-likeness (QED) is 0.348. The molecule has 0 aliphatic carbocycles. The summed E-state index contributed by atoms with van der Waals surface area (Å²) in [6, 6.07) is 21.2. The zero-order valence-electron chi connectivity index (χ0n) is 23.5. The molecule has 0 atom stereocenters. The van der Waals surface area contributed by atoms with E-state index in [-0.39, 0.29) is 18.4 Å². The van der Waals surface area contributed by atoms with Crippen molar-refractivity contribution in [3.05, 3.63) is 77.3 Å². The third-order valence-corrected chi connectivity index (χ3v) is 7.76. The molecule has 4 rings (SSSR count). The first-order valence-electron chi connectivity index (χ1n) is 14.1. The number of amides is 2. The van der Waals surface area contributed by atoms with E-state index in [1.54, 1.807) is 4.90 Å². The van der Waals surface area contributed by atoms with Gasteiger partial charge in [0.25, 0.3) is 0 Å². The molecule has 0 bridgehead atoms. The van der Waals surface area contributed by atoms with Crippen LogP contribution in [0.25, 0.3) is 11.3 Å². The maximum atomic E-state index is 13.4. The van der Waals surface area contributed by atoms with Crippen molar-refractivity contribution in [2.24, 2.45) is 0 Å². The highest BCUT2D eigenvalue weighted by Gasteiger charge is 2.24. The highest BCUT2D eigenvalue weighted by molar-refractivity contribution is 6.33. The molecule has 1 fully saturated rings. The van der Waals surface area contributed by atoms with E-state index in [4.69, 9.17) is 11.6 Å². The number of rotatable bonds is 11. The smallest absolute Gasteiger partial charge is 0.242 e. The predicted molar refractivity (Wildman–Crippen MR) is 160 cm³/mol. The minimum absolute atomic E-state index is 0.0111. The van der Waals surface area contributed by atoms with Gasteiger partial charge in [0.2, 0.25) is 11.8 Å². The molecular weight excluding hydrogens is 524 g/mol. The molecule has 1 saturated heterocycles. The SMILES string of the molecule is CCN(CC)CCN(CC(=O)N1CCCN(c2ccc(-c3ccccc3Cl)nn2)CC1)C(=O)Cc1ccccc1. The van der Waals surface area contributed by atoms with E-state index in [0.29, 0.717) is 37.6 Å². The molecule has 2 amide bonds. The molecule has 8 nitrogen and oxygen atoms in total. The summed E-state index contributed by atoms with van der Waals surface area (Å²) in [5.74, 6) is 0.754. The van der Waals surface area contributed by atoms with Crippen LogP contribution >= 0.6 is 11.6 Å². The van der Waals surface area contributed by atoms with Crippen molar-refractivity contribution >= 4 is 29.2 Å². The van der Waals surface area contributed by atoms with Gasteiger partial charge in [0.15, 0.2) is 5.82 Å². The standard InChI is InChI=1S/C31H39ClN6O2/c1-3-35(4-2)19-20-38(30(39)23-25-11-6-5-7-12-25)24-31(40)37-18-10-17-36(21-22-37)29-16-15-28(33-34-29)26-13-8-9-14-27(26)32/h5-9,11-16H,3-4,10,17-24H2,1-2H3. The molecule has 0 radical (unpaired) electrons. The fourth-order valence-electron chi connectivity index (χ4n) is 4.94. The number of benzene rings is 2. The van der Waals surface area contributed by atoms with Gasteiger partial charge < -0.3 is 19.6 Å². The molecule has 1 aliphatic heterocycles. The molecule has 9 heteroatoms. The Balaban J connectivity index is 1.37. The summed E-state index contributed by atoms with van der Waals surface area (Å²) >= 11 is 6.32. The molecule has 1 aliphatic rings. The fraction of sp³-hybridized carbons (Fsp3) is 0.419. The lowest BCUT2D eigenvalue weighted by Gasteiger charge is -2.29. The summed E-state index contributed by atoms with van der Waals surface area (Å²) in [5, 5.41) is 9.50. The van der Waals surface area contributed by atoms with Gasteiger partial charge in [-0.05, 0) is 43.3 Å². The van der Waals surface area contributed by atoms with Crippen LogP contribution in [0.15, 0.2) is 66.7 Å². The van der Waals surface area contributed by atoms with E-state index >= 15 is 0 Å². The third kappa shape index (κ3) is 8.02. The number of carbonyl (C=O) groups is 2. The summed E-state index contributed by atoms with van der Waals surface area (Å²) in [5.41, 5.74) is 2.54. The van der Waals surface area contributed by atoms with E-state index in [1.807, 2.05) is 71.6 Å². The van der Waals surface area contributed by atoms with Gasteiger partial charge in [-0.2, -0.15) is 0 Å². The van der Waals surface area contributed by atoms with Crippen LogP contribution < -0.4 is 4.90 Å². The second-order valence-electron chi connectivity index (χ2n) is 9.98. The Kier molecular flexibility index (Phi) is 10.9. The average molecular weight is 563 g/mol. The first-order valence-corrected chi connectivity index (χ1v) is 14.5. The summed E-state index contributed by atoms with van der Waals surface area (Å²) < 4.78 is 0. The largest absolute Gasteiger partial charge is 0.353 e. The zero-order valence-corrected chi connectivity index (χ0v) is 24.3. The molecular formula is C31H39ClN6O2. The summed E-state index contributed by atoms with van der Waals surface area (Å²) in [6.45, 7) is 10.1. The average Bonchev–Trinajstić information content (AvgIpc) is 3.24. The van der Waals surface area contributed by atoms with Crippen molar-refractivity contribution in [3.63, 3.8) is 0 Å². The highest BCUT2D eigenvalue weighted by atomic mass is 35.5. The van der Waals surface area contributed by atoms with Gasteiger partial charge in [0.1, 0.15) is 0 Å². The van der Waals surface area contributed by atoms with E-state index in [2.05, 4.69) is 33.8 Å². The number of anilines is 1. The second kappa shape index (κ2) is 14.8. The van der Waals surface area contributed by atoms with Gasteiger partial charge >= 0.3 is 0 Å². The van der Waals surface area contributed by atoms with Gasteiger partial charge in [-0.1, -0.05) is 74.0 Å². The van der Waals surface area contributed by atoms with E-state index in [9.17, 15) is 9.59 Å². The molecule has 40 heavy (non-hydrogen) atoms. The molecule has 2 heterocycles. The Hall–Kier alpha value is -3.49. The van der Waals surface area contributed by atoms with Crippen molar-refractivity contribution in [1.82, 2.24) is 24.9 Å². The fourth-order valence-corrected chi connectivity index (χ4v) is 5.17. The molecule has 212 valence electrons. The summed E-state index contributed by atoms with van der Waals surface area (Å²) in [4.78, 5) is 34.8. The van der Waals surface area contributed by atoms with Gasteiger partial charge in [0.05, 0.1) is 23.7 Å². The molecule has 3 aromatic rings. The minimum atomic E-state index is -0.0166. The van der Waals surface area contributed by atoms with Crippen LogP contribution in [0.1, 0.15) is 25.8 Å². The molecule has 0 unspecified atom stereocenters. The van der Waals surface area contributed by atoms with Crippen LogP contribution in [-0.4, -0.2) is 95.6 Å². The maximum absolute atomic E-state index is 13.4. The monoisotopic (exact) mass is 562 g/mol. The van der Waals surface area contributed by atoms with Crippen molar-refractivity contribution in [3.8, 4) is 11.3 Å². The topological polar surface area (TPSA) is 72.9 Å². The van der Waals surface area contributed by atoms with Crippen LogP contribution in [0.2, 0.25) is 5.02 Å².